The lowest BCUT2D eigenvalue weighted by Gasteiger charge is -2.04. The highest BCUT2D eigenvalue weighted by Gasteiger charge is 2.07. The van der Waals surface area contributed by atoms with Crippen LogP contribution >= 0.6 is 0 Å². The third-order valence-electron chi connectivity index (χ3n) is 1.97. The van der Waals surface area contributed by atoms with Crippen molar-refractivity contribution in [2.45, 2.75) is 51.6 Å². The van der Waals surface area contributed by atoms with Crippen molar-refractivity contribution in [2.24, 2.45) is 0 Å². The number of aliphatic hydroxyl groups excluding tert-OH is 1. The molecule has 1 unspecified atom stereocenters. The van der Waals surface area contributed by atoms with E-state index in [-0.39, 0.29) is 6.42 Å². The predicted molar refractivity (Wildman–Crippen MR) is 56.2 cm³/mol. The summed E-state index contributed by atoms with van der Waals surface area (Å²) in [5.41, 5.74) is 0. The molecule has 0 aliphatic rings. The lowest BCUT2D eigenvalue weighted by molar-refractivity contribution is -0.139. The van der Waals surface area contributed by atoms with Crippen molar-refractivity contribution in [1.82, 2.24) is 0 Å². The van der Waals surface area contributed by atoms with Crippen molar-refractivity contribution < 1.29 is 15.0 Å². The molecule has 0 saturated carbocycles. The van der Waals surface area contributed by atoms with Crippen molar-refractivity contribution in [1.29, 1.82) is 0 Å². The number of allylic oxidation sites excluding steroid dienone is 2. The Morgan fingerprint density at radius 2 is 2.00 bits per heavy atom. The van der Waals surface area contributed by atoms with Crippen LogP contribution in [0.3, 0.4) is 0 Å². The zero-order chi connectivity index (χ0) is 10.8. The zero-order valence-electron chi connectivity index (χ0n) is 8.78. The highest BCUT2D eigenvalue weighted by Crippen LogP contribution is 2.03. The molecule has 0 aromatic carbocycles. The standard InChI is InChI=1S/C11H20O3/c1-2-3-4-5-6-7-8-10(12)9-11(13)14/h5-6,10,12H,2-4,7-9H2,1H3,(H,13,14)/b6-5+. The third kappa shape index (κ3) is 9.26. The molecule has 14 heavy (non-hydrogen) atoms. The van der Waals surface area contributed by atoms with Crippen LogP contribution in [0.25, 0.3) is 0 Å². The molecule has 0 saturated heterocycles. The second-order valence-corrected chi connectivity index (χ2v) is 3.44. The molecule has 2 N–H and O–H groups in total. The van der Waals surface area contributed by atoms with Crippen molar-refractivity contribution in [2.75, 3.05) is 0 Å². The van der Waals surface area contributed by atoms with E-state index < -0.39 is 12.1 Å². The Labute approximate surface area is 85.4 Å². The van der Waals surface area contributed by atoms with Crippen molar-refractivity contribution >= 4 is 5.97 Å². The van der Waals surface area contributed by atoms with Crippen LogP contribution in [0.4, 0.5) is 0 Å². The van der Waals surface area contributed by atoms with Crippen LogP contribution in [0, 0.1) is 0 Å². The summed E-state index contributed by atoms with van der Waals surface area (Å²) in [4.78, 5) is 10.2. The molecule has 0 aromatic heterocycles. The van der Waals surface area contributed by atoms with E-state index in [2.05, 4.69) is 13.0 Å². The molecule has 0 aliphatic carbocycles. The van der Waals surface area contributed by atoms with E-state index in [1.807, 2.05) is 6.08 Å². The van der Waals surface area contributed by atoms with E-state index in [0.717, 1.165) is 12.8 Å². The molecule has 0 amide bonds. The highest BCUT2D eigenvalue weighted by molar-refractivity contribution is 5.67. The fourth-order valence-corrected chi connectivity index (χ4v) is 1.15. The summed E-state index contributed by atoms with van der Waals surface area (Å²) in [5.74, 6) is -0.938. The first kappa shape index (κ1) is 13.2. The molecule has 0 bridgehead atoms. The summed E-state index contributed by atoms with van der Waals surface area (Å²) < 4.78 is 0. The van der Waals surface area contributed by atoms with E-state index in [4.69, 9.17) is 5.11 Å². The van der Waals surface area contributed by atoms with Crippen LogP contribution in [-0.4, -0.2) is 22.3 Å². The Morgan fingerprint density at radius 1 is 1.36 bits per heavy atom. The fraction of sp³-hybridized carbons (Fsp3) is 0.727. The average Bonchev–Trinajstić information content (AvgIpc) is 2.10. The molecule has 0 aliphatic heterocycles. The van der Waals surface area contributed by atoms with E-state index in [1.165, 1.54) is 12.8 Å². The first-order chi connectivity index (χ1) is 6.66. The Balaban J connectivity index is 3.34. The van der Waals surface area contributed by atoms with Crippen LogP contribution in [0.5, 0.6) is 0 Å². The minimum atomic E-state index is -0.938. The van der Waals surface area contributed by atoms with Crippen LogP contribution in [0.1, 0.15) is 45.4 Å². The molecule has 0 spiro atoms. The van der Waals surface area contributed by atoms with Gasteiger partial charge in [-0.05, 0) is 19.3 Å². The highest BCUT2D eigenvalue weighted by atomic mass is 16.4. The van der Waals surface area contributed by atoms with E-state index >= 15 is 0 Å². The number of hydrogen-bond acceptors (Lipinski definition) is 2. The summed E-state index contributed by atoms with van der Waals surface area (Å²) in [6.45, 7) is 2.14. The average molecular weight is 200 g/mol. The van der Waals surface area contributed by atoms with Gasteiger partial charge in [0.15, 0.2) is 0 Å². The molecule has 3 nitrogen and oxygen atoms in total. The number of carboxylic acid groups (broad SMARTS) is 1. The summed E-state index contributed by atoms with van der Waals surface area (Å²) in [6.07, 6.45) is 8.00. The van der Waals surface area contributed by atoms with E-state index in [1.54, 1.807) is 0 Å². The fourth-order valence-electron chi connectivity index (χ4n) is 1.15. The van der Waals surface area contributed by atoms with Crippen LogP contribution in [0.15, 0.2) is 12.2 Å². The van der Waals surface area contributed by atoms with Crippen molar-refractivity contribution in [3.63, 3.8) is 0 Å². The minimum absolute atomic E-state index is 0.150. The SMILES string of the molecule is CCCC/C=C/CCC(O)CC(=O)O. The first-order valence-electron chi connectivity index (χ1n) is 5.21. The zero-order valence-corrected chi connectivity index (χ0v) is 8.78. The van der Waals surface area contributed by atoms with Gasteiger partial charge >= 0.3 is 5.97 Å². The monoisotopic (exact) mass is 200 g/mol. The first-order valence-corrected chi connectivity index (χ1v) is 5.21. The number of rotatable bonds is 8. The van der Waals surface area contributed by atoms with Gasteiger partial charge in [-0.25, -0.2) is 0 Å². The predicted octanol–water partition coefficient (Wildman–Crippen LogP) is 2.35. The van der Waals surface area contributed by atoms with Crippen molar-refractivity contribution in [3.8, 4) is 0 Å². The molecule has 0 aromatic rings. The third-order valence-corrected chi connectivity index (χ3v) is 1.97. The number of aliphatic carboxylic acids is 1. The normalized spacial score (nSPS) is 13.3. The molecule has 0 heterocycles. The molecule has 0 rings (SSSR count). The number of hydrogen-bond donors (Lipinski definition) is 2. The maximum absolute atomic E-state index is 10.2. The van der Waals surface area contributed by atoms with Gasteiger partial charge < -0.3 is 10.2 Å². The Kier molecular flexibility index (Phi) is 8.24. The minimum Gasteiger partial charge on any atom is -0.481 e. The quantitative estimate of drug-likeness (QED) is 0.467. The van der Waals surface area contributed by atoms with Gasteiger partial charge in [0.25, 0.3) is 0 Å². The molecule has 1 atom stereocenters. The smallest absolute Gasteiger partial charge is 0.305 e. The molecule has 0 fully saturated rings. The topological polar surface area (TPSA) is 57.5 Å². The number of carbonyl (C=O) groups is 1. The molecule has 0 radical (unpaired) electrons. The van der Waals surface area contributed by atoms with Gasteiger partial charge in [0.05, 0.1) is 12.5 Å². The van der Waals surface area contributed by atoms with Gasteiger partial charge in [0, 0.05) is 0 Å². The van der Waals surface area contributed by atoms with Crippen LogP contribution in [-0.2, 0) is 4.79 Å². The summed E-state index contributed by atoms with van der Waals surface area (Å²) in [5, 5.41) is 17.6. The number of unbranched alkanes of at least 4 members (excludes halogenated alkanes) is 2. The molecule has 82 valence electrons. The Bertz CT molecular complexity index is 175. The van der Waals surface area contributed by atoms with Crippen molar-refractivity contribution in [3.05, 3.63) is 12.2 Å². The lowest BCUT2D eigenvalue weighted by atomic mass is 10.1. The van der Waals surface area contributed by atoms with Gasteiger partial charge in [-0.15, -0.1) is 0 Å². The number of carboxylic acids is 1. The summed E-state index contributed by atoms with van der Waals surface area (Å²) in [7, 11) is 0. The summed E-state index contributed by atoms with van der Waals surface area (Å²) in [6, 6.07) is 0. The Hall–Kier alpha value is -0.830. The van der Waals surface area contributed by atoms with Gasteiger partial charge in [-0.2, -0.15) is 0 Å². The van der Waals surface area contributed by atoms with Gasteiger partial charge in [0.1, 0.15) is 0 Å². The second-order valence-electron chi connectivity index (χ2n) is 3.44. The van der Waals surface area contributed by atoms with Crippen LogP contribution in [0.2, 0.25) is 0 Å². The summed E-state index contributed by atoms with van der Waals surface area (Å²) >= 11 is 0. The van der Waals surface area contributed by atoms with Crippen LogP contribution < -0.4 is 0 Å². The Morgan fingerprint density at radius 3 is 2.57 bits per heavy atom. The van der Waals surface area contributed by atoms with E-state index in [0.29, 0.717) is 6.42 Å². The van der Waals surface area contributed by atoms with Gasteiger partial charge in [0.2, 0.25) is 0 Å². The largest absolute Gasteiger partial charge is 0.481 e. The van der Waals surface area contributed by atoms with E-state index in [9.17, 15) is 9.90 Å². The van der Waals surface area contributed by atoms with Gasteiger partial charge in [-0.3, -0.25) is 4.79 Å². The second kappa shape index (κ2) is 8.75. The van der Waals surface area contributed by atoms with Gasteiger partial charge in [-0.1, -0.05) is 31.9 Å². The maximum atomic E-state index is 10.2. The molecular formula is C11H20O3. The lowest BCUT2D eigenvalue weighted by Crippen LogP contribution is -2.12. The maximum Gasteiger partial charge on any atom is 0.305 e. The number of aliphatic hydroxyl groups is 1. The molecular weight excluding hydrogens is 180 g/mol. The molecule has 3 heteroatoms.